The zero-order chi connectivity index (χ0) is 12.8. The molecule has 4 N–H and O–H groups in total. The quantitative estimate of drug-likeness (QED) is 0.701. The van der Waals surface area contributed by atoms with Crippen LogP contribution >= 0.6 is 0 Å². The molecule has 0 saturated carbocycles. The van der Waals surface area contributed by atoms with Crippen molar-refractivity contribution in [1.29, 1.82) is 0 Å². The van der Waals surface area contributed by atoms with Crippen molar-refractivity contribution >= 4 is 11.9 Å². The molecule has 0 aliphatic carbocycles. The maximum atomic E-state index is 11.4. The molecular formula is C11H16N4O2. The number of rotatable bonds is 4. The molecule has 0 aliphatic rings. The second kappa shape index (κ2) is 5.95. The van der Waals surface area contributed by atoms with Crippen LogP contribution in [0.3, 0.4) is 0 Å². The first kappa shape index (κ1) is 13.1. The smallest absolute Gasteiger partial charge is 0.318 e. The van der Waals surface area contributed by atoms with Crippen molar-refractivity contribution in [3.8, 4) is 0 Å². The summed E-state index contributed by atoms with van der Waals surface area (Å²) in [6.07, 6.45) is 3.40. The van der Waals surface area contributed by atoms with E-state index in [1.807, 2.05) is 24.4 Å². The van der Waals surface area contributed by atoms with Gasteiger partial charge in [0.1, 0.15) is 0 Å². The Kier molecular flexibility index (Phi) is 4.59. The first-order chi connectivity index (χ1) is 8.00. The van der Waals surface area contributed by atoms with Crippen molar-refractivity contribution in [1.82, 2.24) is 15.6 Å². The summed E-state index contributed by atoms with van der Waals surface area (Å²) in [7, 11) is 0. The highest BCUT2D eigenvalue weighted by molar-refractivity contribution is 5.96. The van der Waals surface area contributed by atoms with E-state index in [1.165, 1.54) is 0 Å². The lowest BCUT2D eigenvalue weighted by atomic mass is 10.1. The minimum atomic E-state index is -0.849. The molecule has 17 heavy (non-hydrogen) atoms. The van der Waals surface area contributed by atoms with Gasteiger partial charge in [-0.2, -0.15) is 0 Å². The van der Waals surface area contributed by atoms with Crippen molar-refractivity contribution in [2.24, 2.45) is 5.73 Å². The fraction of sp³-hybridized carbons (Fsp3) is 0.364. The van der Waals surface area contributed by atoms with Crippen LogP contribution in [0.2, 0.25) is 0 Å². The molecular weight excluding hydrogens is 220 g/mol. The number of hydrogen-bond acceptors (Lipinski definition) is 4. The van der Waals surface area contributed by atoms with Gasteiger partial charge >= 0.3 is 6.03 Å². The number of amides is 3. The van der Waals surface area contributed by atoms with Crippen LogP contribution < -0.4 is 16.4 Å². The SMILES string of the molecule is CC(NC(C)c1cccnc1)C(=O)NC(N)=O. The van der Waals surface area contributed by atoms with E-state index in [2.05, 4.69) is 10.3 Å². The number of imide groups is 1. The third-order valence-electron chi connectivity index (χ3n) is 2.32. The first-order valence-corrected chi connectivity index (χ1v) is 5.27. The monoisotopic (exact) mass is 236 g/mol. The van der Waals surface area contributed by atoms with Gasteiger partial charge in [0.2, 0.25) is 5.91 Å². The highest BCUT2D eigenvalue weighted by Crippen LogP contribution is 2.10. The van der Waals surface area contributed by atoms with E-state index >= 15 is 0 Å². The van der Waals surface area contributed by atoms with Gasteiger partial charge in [-0.05, 0) is 25.5 Å². The standard InChI is InChI=1S/C11H16N4O2/c1-7(9-4-3-5-13-6-9)14-8(2)10(16)15-11(12)17/h3-8,14H,1-2H3,(H3,12,15,16,17). The number of pyridine rings is 1. The Labute approximate surface area is 99.6 Å². The van der Waals surface area contributed by atoms with E-state index in [1.54, 1.807) is 19.3 Å². The Hall–Kier alpha value is -1.95. The molecule has 0 fully saturated rings. The fourth-order valence-electron chi connectivity index (χ4n) is 1.41. The lowest BCUT2D eigenvalue weighted by Crippen LogP contribution is -2.47. The molecule has 0 aromatic carbocycles. The van der Waals surface area contributed by atoms with Crippen molar-refractivity contribution in [2.45, 2.75) is 25.9 Å². The van der Waals surface area contributed by atoms with Gasteiger partial charge in [0.15, 0.2) is 0 Å². The molecule has 0 radical (unpaired) electrons. The molecule has 0 spiro atoms. The highest BCUT2D eigenvalue weighted by atomic mass is 16.2. The Balaban J connectivity index is 2.54. The predicted molar refractivity (Wildman–Crippen MR) is 63.0 cm³/mol. The summed E-state index contributed by atoms with van der Waals surface area (Å²) in [5.41, 5.74) is 5.83. The molecule has 0 aliphatic heterocycles. The number of carbonyl (C=O) groups excluding carboxylic acids is 2. The van der Waals surface area contributed by atoms with Crippen molar-refractivity contribution in [3.05, 3.63) is 30.1 Å². The van der Waals surface area contributed by atoms with Crippen molar-refractivity contribution in [2.75, 3.05) is 0 Å². The average Bonchev–Trinajstić information content (AvgIpc) is 2.29. The normalized spacial score (nSPS) is 13.8. The van der Waals surface area contributed by atoms with Crippen LogP contribution in [0.25, 0.3) is 0 Å². The van der Waals surface area contributed by atoms with Crippen LogP contribution in [-0.4, -0.2) is 23.0 Å². The average molecular weight is 236 g/mol. The summed E-state index contributed by atoms with van der Waals surface area (Å²) < 4.78 is 0. The van der Waals surface area contributed by atoms with Gasteiger partial charge in [0, 0.05) is 18.4 Å². The van der Waals surface area contributed by atoms with Gasteiger partial charge in [-0.1, -0.05) is 6.07 Å². The number of hydrogen-bond donors (Lipinski definition) is 3. The summed E-state index contributed by atoms with van der Waals surface area (Å²) in [6.45, 7) is 3.57. The predicted octanol–water partition coefficient (Wildman–Crippen LogP) is 0.316. The Morgan fingerprint density at radius 1 is 1.41 bits per heavy atom. The highest BCUT2D eigenvalue weighted by Gasteiger charge is 2.17. The van der Waals surface area contributed by atoms with Gasteiger partial charge in [-0.15, -0.1) is 0 Å². The molecule has 6 nitrogen and oxygen atoms in total. The zero-order valence-electron chi connectivity index (χ0n) is 9.81. The van der Waals surface area contributed by atoms with Gasteiger partial charge in [-0.3, -0.25) is 20.4 Å². The molecule has 2 atom stereocenters. The molecule has 0 saturated heterocycles. The minimum Gasteiger partial charge on any atom is -0.351 e. The van der Waals surface area contributed by atoms with E-state index in [0.29, 0.717) is 0 Å². The maximum Gasteiger partial charge on any atom is 0.318 e. The number of aromatic nitrogens is 1. The topological polar surface area (TPSA) is 97.1 Å². The summed E-state index contributed by atoms with van der Waals surface area (Å²) in [6, 6.07) is 2.32. The lowest BCUT2D eigenvalue weighted by molar-refractivity contribution is -0.121. The lowest BCUT2D eigenvalue weighted by Gasteiger charge is -2.18. The maximum absolute atomic E-state index is 11.4. The summed E-state index contributed by atoms with van der Waals surface area (Å²) in [4.78, 5) is 25.9. The minimum absolute atomic E-state index is 0.0441. The first-order valence-electron chi connectivity index (χ1n) is 5.27. The third-order valence-corrected chi connectivity index (χ3v) is 2.32. The summed E-state index contributed by atoms with van der Waals surface area (Å²) >= 11 is 0. The molecule has 0 bridgehead atoms. The number of urea groups is 1. The van der Waals surface area contributed by atoms with Gasteiger partial charge in [0.05, 0.1) is 6.04 Å². The Morgan fingerprint density at radius 3 is 2.65 bits per heavy atom. The molecule has 92 valence electrons. The molecule has 3 amide bonds. The number of nitrogens with zero attached hydrogens (tertiary/aromatic N) is 1. The number of nitrogens with one attached hydrogen (secondary N) is 2. The molecule has 6 heteroatoms. The van der Waals surface area contributed by atoms with Crippen molar-refractivity contribution in [3.63, 3.8) is 0 Å². The van der Waals surface area contributed by atoms with Gasteiger partial charge in [-0.25, -0.2) is 4.79 Å². The van der Waals surface area contributed by atoms with Crippen LogP contribution in [0.1, 0.15) is 25.5 Å². The van der Waals surface area contributed by atoms with Crippen LogP contribution in [0.4, 0.5) is 4.79 Å². The fourth-order valence-corrected chi connectivity index (χ4v) is 1.41. The Bertz CT molecular complexity index is 394. The number of primary amides is 1. The van der Waals surface area contributed by atoms with Crippen molar-refractivity contribution < 1.29 is 9.59 Å². The second-order valence-electron chi connectivity index (χ2n) is 3.75. The molecule has 1 rings (SSSR count). The van der Waals surface area contributed by atoms with E-state index < -0.39 is 18.0 Å². The third kappa shape index (κ3) is 4.20. The number of nitrogens with two attached hydrogens (primary N) is 1. The van der Waals surface area contributed by atoms with Crippen LogP contribution in [-0.2, 0) is 4.79 Å². The summed E-state index contributed by atoms with van der Waals surface area (Å²) in [5.74, 6) is -0.451. The molecule has 2 unspecified atom stereocenters. The number of carbonyl (C=O) groups is 2. The van der Waals surface area contributed by atoms with Crippen LogP contribution in [0.15, 0.2) is 24.5 Å². The van der Waals surface area contributed by atoms with Gasteiger partial charge in [0.25, 0.3) is 0 Å². The van der Waals surface area contributed by atoms with Crippen LogP contribution in [0, 0.1) is 0 Å². The largest absolute Gasteiger partial charge is 0.351 e. The van der Waals surface area contributed by atoms with E-state index in [9.17, 15) is 9.59 Å². The second-order valence-corrected chi connectivity index (χ2v) is 3.75. The van der Waals surface area contributed by atoms with Gasteiger partial charge < -0.3 is 5.73 Å². The Morgan fingerprint density at radius 2 is 2.12 bits per heavy atom. The summed E-state index contributed by atoms with van der Waals surface area (Å²) in [5, 5.41) is 5.06. The molecule has 1 aromatic heterocycles. The van der Waals surface area contributed by atoms with E-state index in [0.717, 1.165) is 5.56 Å². The van der Waals surface area contributed by atoms with Crippen LogP contribution in [0.5, 0.6) is 0 Å². The molecule has 1 aromatic rings. The molecule has 1 heterocycles. The zero-order valence-corrected chi connectivity index (χ0v) is 9.81. The van der Waals surface area contributed by atoms with E-state index in [-0.39, 0.29) is 6.04 Å². The van der Waals surface area contributed by atoms with E-state index in [4.69, 9.17) is 5.73 Å².